The number of carbonyl (C=O) groups is 3. The van der Waals surface area contributed by atoms with Crippen molar-refractivity contribution in [3.8, 4) is 0 Å². The molecule has 0 unspecified atom stereocenters. The van der Waals surface area contributed by atoms with Gasteiger partial charge in [-0.2, -0.15) is 0 Å². The third kappa shape index (κ3) is 3.63. The van der Waals surface area contributed by atoms with Crippen molar-refractivity contribution < 1.29 is 19.5 Å². The number of nitrogens with zero attached hydrogens (tertiary/aromatic N) is 1. The summed E-state index contributed by atoms with van der Waals surface area (Å²) in [6, 6.07) is 21.5. The summed E-state index contributed by atoms with van der Waals surface area (Å²) in [4.78, 5) is 43.5. The smallest absolute Gasteiger partial charge is 0.238 e. The molecule has 3 aromatic carbocycles. The maximum absolute atomic E-state index is 14.1. The number of hydrogen-bond acceptors (Lipinski definition) is 5. The second-order valence-corrected chi connectivity index (χ2v) is 9.72. The number of anilines is 2. The number of Topliss-reactive ketones (excluding diaryl/α,β-unsaturated/α-hetero) is 2. The van der Waals surface area contributed by atoms with Gasteiger partial charge in [0.05, 0.1) is 12.0 Å². The Morgan fingerprint density at radius 1 is 1.03 bits per heavy atom. The number of nitrogens with one attached hydrogen (secondary N) is 1. The predicted molar refractivity (Wildman–Crippen MR) is 145 cm³/mol. The van der Waals surface area contributed by atoms with Gasteiger partial charge >= 0.3 is 0 Å². The van der Waals surface area contributed by atoms with E-state index in [-0.39, 0.29) is 24.1 Å². The SMILES string of the molecule is CC(=O)[C@@H]1[C@@H](C(=O)c2ccccc2)N2c3ccccc3C=C[C@@H]2[C@@]12C(=O)Nc1ccc(C)cc12.CCO. The van der Waals surface area contributed by atoms with Crippen molar-refractivity contribution in [1.29, 1.82) is 0 Å². The fourth-order valence-corrected chi connectivity index (χ4v) is 6.24. The Bertz CT molecular complexity index is 1410. The quantitative estimate of drug-likeness (QED) is 0.522. The number of amides is 1. The van der Waals surface area contributed by atoms with E-state index in [2.05, 4.69) is 5.32 Å². The van der Waals surface area contributed by atoms with Crippen LogP contribution in [0.5, 0.6) is 0 Å². The summed E-state index contributed by atoms with van der Waals surface area (Å²) in [7, 11) is 0. The Morgan fingerprint density at radius 3 is 2.41 bits per heavy atom. The van der Waals surface area contributed by atoms with Crippen LogP contribution in [-0.4, -0.2) is 41.3 Å². The molecule has 3 aromatic rings. The normalized spacial score (nSPS) is 24.5. The van der Waals surface area contributed by atoms with Crippen molar-refractivity contribution in [3.05, 3.63) is 101 Å². The van der Waals surface area contributed by atoms with E-state index in [9.17, 15) is 14.4 Å². The fourth-order valence-electron chi connectivity index (χ4n) is 6.24. The molecule has 6 heteroatoms. The summed E-state index contributed by atoms with van der Waals surface area (Å²) < 4.78 is 0. The molecule has 1 amide bonds. The minimum Gasteiger partial charge on any atom is -0.397 e. The average molecular weight is 495 g/mol. The van der Waals surface area contributed by atoms with Crippen molar-refractivity contribution in [1.82, 2.24) is 0 Å². The van der Waals surface area contributed by atoms with Crippen LogP contribution in [-0.2, 0) is 15.0 Å². The van der Waals surface area contributed by atoms with Crippen molar-refractivity contribution in [2.45, 2.75) is 38.3 Å². The lowest BCUT2D eigenvalue weighted by atomic mass is 9.65. The van der Waals surface area contributed by atoms with E-state index in [1.165, 1.54) is 6.92 Å². The number of ketones is 2. The topological polar surface area (TPSA) is 86.7 Å². The number of aliphatic hydroxyl groups is 1. The molecular weight excluding hydrogens is 464 g/mol. The number of aryl methyl sites for hydroxylation is 1. The van der Waals surface area contributed by atoms with Gasteiger partial charge in [-0.1, -0.05) is 78.4 Å². The monoisotopic (exact) mass is 494 g/mol. The van der Waals surface area contributed by atoms with Crippen LogP contribution >= 0.6 is 0 Å². The van der Waals surface area contributed by atoms with Crippen LogP contribution < -0.4 is 10.2 Å². The average Bonchev–Trinajstić information content (AvgIpc) is 3.37. The summed E-state index contributed by atoms with van der Waals surface area (Å²) in [5.74, 6) is -1.39. The van der Waals surface area contributed by atoms with Gasteiger partial charge in [-0.25, -0.2) is 0 Å². The number of para-hydroxylation sites is 1. The van der Waals surface area contributed by atoms with Crippen LogP contribution in [0.15, 0.2) is 78.9 Å². The van der Waals surface area contributed by atoms with Gasteiger partial charge in [-0.05, 0) is 44.0 Å². The van der Waals surface area contributed by atoms with Crippen LogP contribution in [0.4, 0.5) is 11.4 Å². The number of rotatable bonds is 3. The predicted octanol–water partition coefficient (Wildman–Crippen LogP) is 4.56. The summed E-state index contributed by atoms with van der Waals surface area (Å²) in [5.41, 5.74) is 3.66. The van der Waals surface area contributed by atoms with Gasteiger partial charge in [0, 0.05) is 23.5 Å². The molecule has 0 aromatic heterocycles. The Labute approximate surface area is 216 Å². The molecule has 0 saturated carbocycles. The standard InChI is InChI=1S/C29H24N2O3.C2H6O/c1-17-12-14-22-21(16-17)29(28(34)30-22)24-15-13-19-8-6-7-11-23(19)31(24)26(25(29)18(2)32)27(33)20-9-4-3-5-10-20;1-2-3/h3-16,24-26H,1-2H3,(H,30,34);3H,2H2,1H3/t24-,25-,26+,29-;/m1./s1. The highest BCUT2D eigenvalue weighted by atomic mass is 16.2. The molecule has 188 valence electrons. The van der Waals surface area contributed by atoms with E-state index < -0.39 is 23.4 Å². The second-order valence-electron chi connectivity index (χ2n) is 9.72. The van der Waals surface area contributed by atoms with Crippen molar-refractivity contribution in [2.75, 3.05) is 16.8 Å². The summed E-state index contributed by atoms with van der Waals surface area (Å²) >= 11 is 0. The fraction of sp³-hybridized carbons (Fsp3) is 0.258. The van der Waals surface area contributed by atoms with E-state index in [4.69, 9.17) is 5.11 Å². The molecule has 1 spiro atoms. The van der Waals surface area contributed by atoms with Gasteiger partial charge in [0.15, 0.2) is 5.78 Å². The molecule has 0 bridgehead atoms. The third-order valence-electron chi connectivity index (χ3n) is 7.55. The minimum absolute atomic E-state index is 0.151. The molecule has 2 N–H and O–H groups in total. The number of hydrogen-bond donors (Lipinski definition) is 2. The van der Waals surface area contributed by atoms with Crippen LogP contribution in [0.3, 0.4) is 0 Å². The van der Waals surface area contributed by atoms with Crippen molar-refractivity contribution in [3.63, 3.8) is 0 Å². The molecule has 4 atom stereocenters. The van der Waals surface area contributed by atoms with Gasteiger partial charge in [0.1, 0.15) is 17.2 Å². The lowest BCUT2D eigenvalue weighted by Crippen LogP contribution is -2.51. The number of benzene rings is 3. The first-order valence-corrected chi connectivity index (χ1v) is 12.5. The highest BCUT2D eigenvalue weighted by Gasteiger charge is 2.69. The zero-order valence-corrected chi connectivity index (χ0v) is 21.1. The Balaban J connectivity index is 0.000000892. The largest absolute Gasteiger partial charge is 0.397 e. The summed E-state index contributed by atoms with van der Waals surface area (Å²) in [6.45, 7) is 5.41. The molecule has 3 aliphatic heterocycles. The van der Waals surface area contributed by atoms with Crippen molar-refractivity contribution in [2.24, 2.45) is 5.92 Å². The maximum atomic E-state index is 14.1. The molecule has 0 aliphatic carbocycles. The van der Waals surface area contributed by atoms with Crippen LogP contribution in [0, 0.1) is 12.8 Å². The minimum atomic E-state index is -1.20. The lowest BCUT2D eigenvalue weighted by Gasteiger charge is -2.37. The molecule has 1 saturated heterocycles. The van der Waals surface area contributed by atoms with E-state index in [0.29, 0.717) is 11.3 Å². The molecule has 1 fully saturated rings. The van der Waals surface area contributed by atoms with Crippen molar-refractivity contribution >= 4 is 34.9 Å². The zero-order chi connectivity index (χ0) is 26.3. The van der Waals surface area contributed by atoms with Crippen LogP contribution in [0.2, 0.25) is 0 Å². The Morgan fingerprint density at radius 2 is 1.70 bits per heavy atom. The summed E-state index contributed by atoms with van der Waals surface area (Å²) in [6.07, 6.45) is 4.00. The van der Waals surface area contributed by atoms with Gasteiger partial charge in [-0.3, -0.25) is 14.4 Å². The molecule has 3 heterocycles. The maximum Gasteiger partial charge on any atom is 0.238 e. The van der Waals surface area contributed by atoms with Gasteiger partial charge < -0.3 is 15.3 Å². The first-order chi connectivity index (χ1) is 17.9. The van der Waals surface area contributed by atoms with E-state index >= 15 is 0 Å². The number of carbonyl (C=O) groups excluding carboxylic acids is 3. The van der Waals surface area contributed by atoms with Crippen LogP contribution in [0.1, 0.15) is 40.9 Å². The Hall–Kier alpha value is -4.03. The molecule has 3 aliphatic rings. The van der Waals surface area contributed by atoms with E-state index in [0.717, 1.165) is 22.4 Å². The second kappa shape index (κ2) is 9.45. The zero-order valence-electron chi connectivity index (χ0n) is 21.1. The number of fused-ring (bicyclic) bond motifs is 6. The van der Waals surface area contributed by atoms with E-state index in [1.807, 2.05) is 84.6 Å². The van der Waals surface area contributed by atoms with Crippen LogP contribution in [0.25, 0.3) is 6.08 Å². The Kier molecular flexibility index (Phi) is 6.30. The number of aliphatic hydroxyl groups excluding tert-OH is 1. The first-order valence-electron chi connectivity index (χ1n) is 12.5. The summed E-state index contributed by atoms with van der Waals surface area (Å²) in [5, 5.41) is 10.6. The first kappa shape index (κ1) is 24.7. The lowest BCUT2D eigenvalue weighted by molar-refractivity contribution is -0.130. The van der Waals surface area contributed by atoms with E-state index in [1.54, 1.807) is 19.1 Å². The molecule has 6 nitrogen and oxygen atoms in total. The highest BCUT2D eigenvalue weighted by molar-refractivity contribution is 6.16. The van der Waals surface area contributed by atoms with Gasteiger partial charge in [0.2, 0.25) is 5.91 Å². The van der Waals surface area contributed by atoms with Gasteiger partial charge in [0.25, 0.3) is 0 Å². The third-order valence-corrected chi connectivity index (χ3v) is 7.55. The van der Waals surface area contributed by atoms with Gasteiger partial charge in [-0.15, -0.1) is 0 Å². The molecule has 0 radical (unpaired) electrons. The molecular formula is C31H30N2O4. The molecule has 37 heavy (non-hydrogen) atoms. The molecule has 6 rings (SSSR count). The highest BCUT2D eigenvalue weighted by Crippen LogP contribution is 2.57.